The van der Waals surface area contributed by atoms with Crippen LogP contribution >= 0.6 is 0 Å². The highest BCUT2D eigenvalue weighted by molar-refractivity contribution is 5.95. The standard InChI is InChI=1S/C12H16O3/c1-2-3-4-11-10-7-8(13)5-6-9(10)12(14)15-11/h5-6,8,11,13H,2-4,7H2,1H3. The molecule has 1 N–H and O–H groups in total. The summed E-state index contributed by atoms with van der Waals surface area (Å²) < 4.78 is 5.28. The van der Waals surface area contributed by atoms with E-state index in [1.807, 2.05) is 0 Å². The highest BCUT2D eigenvalue weighted by Gasteiger charge is 2.34. The van der Waals surface area contributed by atoms with Crippen LogP contribution in [0.1, 0.15) is 32.6 Å². The summed E-state index contributed by atoms with van der Waals surface area (Å²) in [5, 5.41) is 9.50. The average Bonchev–Trinajstić information content (AvgIpc) is 2.52. The van der Waals surface area contributed by atoms with Gasteiger partial charge in [0, 0.05) is 6.42 Å². The summed E-state index contributed by atoms with van der Waals surface area (Å²) in [4.78, 5) is 11.5. The molecule has 0 saturated carbocycles. The summed E-state index contributed by atoms with van der Waals surface area (Å²) in [6.45, 7) is 2.11. The Kier molecular flexibility index (Phi) is 2.91. The Morgan fingerprint density at radius 3 is 3.13 bits per heavy atom. The maximum absolute atomic E-state index is 11.5. The van der Waals surface area contributed by atoms with Gasteiger partial charge in [-0.25, -0.2) is 4.79 Å². The van der Waals surface area contributed by atoms with E-state index in [1.54, 1.807) is 12.2 Å². The van der Waals surface area contributed by atoms with Crippen molar-refractivity contribution in [2.24, 2.45) is 0 Å². The second-order valence-electron chi connectivity index (χ2n) is 4.11. The zero-order valence-electron chi connectivity index (χ0n) is 8.90. The van der Waals surface area contributed by atoms with Gasteiger partial charge in [-0.15, -0.1) is 0 Å². The van der Waals surface area contributed by atoms with Gasteiger partial charge >= 0.3 is 5.97 Å². The van der Waals surface area contributed by atoms with Crippen LogP contribution in [-0.2, 0) is 9.53 Å². The molecule has 0 aromatic carbocycles. The summed E-state index contributed by atoms with van der Waals surface area (Å²) in [5.41, 5.74) is 1.66. The normalized spacial score (nSPS) is 29.3. The van der Waals surface area contributed by atoms with Crippen LogP contribution in [0.4, 0.5) is 0 Å². The topological polar surface area (TPSA) is 46.5 Å². The van der Waals surface area contributed by atoms with Crippen molar-refractivity contribution in [3.63, 3.8) is 0 Å². The monoisotopic (exact) mass is 208 g/mol. The van der Waals surface area contributed by atoms with Crippen LogP contribution in [0.2, 0.25) is 0 Å². The zero-order chi connectivity index (χ0) is 10.8. The molecule has 82 valence electrons. The van der Waals surface area contributed by atoms with E-state index in [9.17, 15) is 9.90 Å². The first-order chi connectivity index (χ1) is 7.22. The molecule has 2 rings (SSSR count). The van der Waals surface area contributed by atoms with Crippen LogP contribution in [0, 0.1) is 0 Å². The SMILES string of the molecule is CCCCC1OC(=O)C2=C1CC(O)C=C2. The molecule has 3 heteroatoms. The van der Waals surface area contributed by atoms with Crippen LogP contribution in [-0.4, -0.2) is 23.3 Å². The third kappa shape index (κ3) is 1.97. The van der Waals surface area contributed by atoms with Crippen LogP contribution in [0.3, 0.4) is 0 Å². The zero-order valence-corrected chi connectivity index (χ0v) is 8.90. The molecule has 0 amide bonds. The molecule has 2 aliphatic rings. The van der Waals surface area contributed by atoms with Crippen molar-refractivity contribution in [2.45, 2.75) is 44.8 Å². The molecular weight excluding hydrogens is 192 g/mol. The molecule has 0 radical (unpaired) electrons. The highest BCUT2D eigenvalue weighted by atomic mass is 16.5. The average molecular weight is 208 g/mol. The van der Waals surface area contributed by atoms with Crippen LogP contribution in [0.15, 0.2) is 23.3 Å². The molecule has 0 fully saturated rings. The minimum absolute atomic E-state index is 0.0907. The quantitative estimate of drug-likeness (QED) is 0.718. The van der Waals surface area contributed by atoms with Crippen molar-refractivity contribution in [1.29, 1.82) is 0 Å². The lowest BCUT2D eigenvalue weighted by Crippen LogP contribution is -2.16. The summed E-state index contributed by atoms with van der Waals surface area (Å²) in [7, 11) is 0. The molecule has 3 nitrogen and oxygen atoms in total. The third-order valence-electron chi connectivity index (χ3n) is 2.94. The van der Waals surface area contributed by atoms with Gasteiger partial charge in [-0.2, -0.15) is 0 Å². The smallest absolute Gasteiger partial charge is 0.338 e. The van der Waals surface area contributed by atoms with Gasteiger partial charge in [-0.05, 0) is 24.5 Å². The lowest BCUT2D eigenvalue weighted by Gasteiger charge is -2.17. The number of aliphatic hydroxyl groups is 1. The fourth-order valence-electron chi connectivity index (χ4n) is 2.11. The lowest BCUT2D eigenvalue weighted by atomic mass is 9.92. The molecule has 2 unspecified atom stereocenters. The Balaban J connectivity index is 2.13. The third-order valence-corrected chi connectivity index (χ3v) is 2.94. The predicted octanol–water partition coefficient (Wildman–Crippen LogP) is 1.72. The number of carbonyl (C=O) groups is 1. The Labute approximate surface area is 89.4 Å². The Morgan fingerprint density at radius 2 is 2.40 bits per heavy atom. The predicted molar refractivity (Wildman–Crippen MR) is 56.2 cm³/mol. The van der Waals surface area contributed by atoms with E-state index in [4.69, 9.17) is 4.74 Å². The molecule has 0 spiro atoms. The lowest BCUT2D eigenvalue weighted by molar-refractivity contribution is -0.139. The number of hydrogen-bond acceptors (Lipinski definition) is 3. The van der Waals surface area contributed by atoms with Crippen LogP contribution < -0.4 is 0 Å². The molecule has 1 aliphatic heterocycles. The number of carbonyl (C=O) groups excluding carboxylic acids is 1. The van der Waals surface area contributed by atoms with E-state index >= 15 is 0 Å². The summed E-state index contributed by atoms with van der Waals surface area (Å²) in [6, 6.07) is 0. The first kappa shape index (κ1) is 10.4. The van der Waals surface area contributed by atoms with Crippen molar-refractivity contribution in [2.75, 3.05) is 0 Å². The van der Waals surface area contributed by atoms with Crippen molar-refractivity contribution in [1.82, 2.24) is 0 Å². The van der Waals surface area contributed by atoms with E-state index in [-0.39, 0.29) is 12.1 Å². The summed E-state index contributed by atoms with van der Waals surface area (Å²) in [5.74, 6) is -0.228. The number of aliphatic hydroxyl groups excluding tert-OH is 1. The van der Waals surface area contributed by atoms with E-state index in [1.165, 1.54) is 0 Å². The first-order valence-electron chi connectivity index (χ1n) is 5.52. The number of cyclic esters (lactones) is 1. The maximum Gasteiger partial charge on any atom is 0.338 e. The van der Waals surface area contributed by atoms with Crippen LogP contribution in [0.5, 0.6) is 0 Å². The van der Waals surface area contributed by atoms with Gasteiger partial charge in [0.05, 0.1) is 11.7 Å². The minimum atomic E-state index is -0.456. The summed E-state index contributed by atoms with van der Waals surface area (Å²) >= 11 is 0. The van der Waals surface area contributed by atoms with Crippen molar-refractivity contribution < 1.29 is 14.6 Å². The van der Waals surface area contributed by atoms with E-state index < -0.39 is 6.10 Å². The van der Waals surface area contributed by atoms with Gasteiger partial charge in [0.2, 0.25) is 0 Å². The molecule has 15 heavy (non-hydrogen) atoms. The minimum Gasteiger partial charge on any atom is -0.454 e. The second-order valence-corrected chi connectivity index (χ2v) is 4.11. The van der Waals surface area contributed by atoms with Gasteiger partial charge in [-0.1, -0.05) is 19.4 Å². The highest BCUT2D eigenvalue weighted by Crippen LogP contribution is 2.33. The Morgan fingerprint density at radius 1 is 1.60 bits per heavy atom. The van der Waals surface area contributed by atoms with Gasteiger partial charge in [0.25, 0.3) is 0 Å². The molecule has 0 bridgehead atoms. The largest absolute Gasteiger partial charge is 0.454 e. The molecule has 1 aliphatic carbocycles. The summed E-state index contributed by atoms with van der Waals surface area (Å²) in [6.07, 6.45) is 6.37. The molecule has 1 heterocycles. The Bertz CT molecular complexity index is 328. The second kappa shape index (κ2) is 4.19. The molecule has 0 aromatic heterocycles. The van der Waals surface area contributed by atoms with E-state index in [2.05, 4.69) is 6.92 Å². The number of rotatable bonds is 3. The first-order valence-corrected chi connectivity index (χ1v) is 5.52. The molecule has 0 saturated heterocycles. The van der Waals surface area contributed by atoms with Gasteiger partial charge in [0.15, 0.2) is 0 Å². The fraction of sp³-hybridized carbons (Fsp3) is 0.583. The maximum atomic E-state index is 11.5. The van der Waals surface area contributed by atoms with Crippen molar-refractivity contribution in [3.05, 3.63) is 23.3 Å². The van der Waals surface area contributed by atoms with Gasteiger partial charge in [-0.3, -0.25) is 0 Å². The van der Waals surface area contributed by atoms with E-state index in [0.717, 1.165) is 24.8 Å². The van der Waals surface area contributed by atoms with Gasteiger partial charge < -0.3 is 9.84 Å². The molecule has 0 aromatic rings. The number of unbranched alkanes of at least 4 members (excludes halogenated alkanes) is 1. The number of esters is 1. The Hall–Kier alpha value is -1.09. The van der Waals surface area contributed by atoms with Crippen molar-refractivity contribution in [3.8, 4) is 0 Å². The van der Waals surface area contributed by atoms with Crippen LogP contribution in [0.25, 0.3) is 0 Å². The number of ether oxygens (including phenoxy) is 1. The molecular formula is C12H16O3. The number of hydrogen-bond donors (Lipinski definition) is 1. The van der Waals surface area contributed by atoms with Crippen molar-refractivity contribution >= 4 is 5.97 Å². The van der Waals surface area contributed by atoms with Gasteiger partial charge in [0.1, 0.15) is 6.10 Å². The molecule has 2 atom stereocenters. The van der Waals surface area contributed by atoms with E-state index in [0.29, 0.717) is 12.0 Å². The fourth-order valence-corrected chi connectivity index (χ4v) is 2.11.